The Balaban J connectivity index is 2.08. The lowest BCUT2D eigenvalue weighted by Crippen LogP contribution is -2.43. The van der Waals surface area contributed by atoms with Crippen LogP contribution in [0.15, 0.2) is 18.2 Å². The Labute approximate surface area is 119 Å². The van der Waals surface area contributed by atoms with Gasteiger partial charge in [0.15, 0.2) is 0 Å². The van der Waals surface area contributed by atoms with E-state index in [1.165, 1.54) is 12.8 Å². The smallest absolute Gasteiger partial charge is 0.251 e. The summed E-state index contributed by atoms with van der Waals surface area (Å²) in [5.41, 5.74) is 6.77. The normalized spacial score (nSPS) is 27.0. The van der Waals surface area contributed by atoms with E-state index in [2.05, 4.69) is 19.2 Å². The van der Waals surface area contributed by atoms with Crippen molar-refractivity contribution in [3.8, 4) is 0 Å². The number of amides is 1. The van der Waals surface area contributed by atoms with Gasteiger partial charge in [0, 0.05) is 22.3 Å². The van der Waals surface area contributed by atoms with Gasteiger partial charge in [-0.15, -0.1) is 0 Å². The molecule has 2 rings (SSSR count). The van der Waals surface area contributed by atoms with E-state index in [1.54, 1.807) is 18.2 Å². The molecule has 0 heterocycles. The number of carbonyl (C=O) groups is 1. The van der Waals surface area contributed by atoms with Gasteiger partial charge in [-0.2, -0.15) is 0 Å². The zero-order valence-electron chi connectivity index (χ0n) is 11.4. The minimum atomic E-state index is -0.0832. The highest BCUT2D eigenvalue weighted by Gasteiger charge is 2.28. The van der Waals surface area contributed by atoms with Crippen molar-refractivity contribution in [2.45, 2.75) is 39.2 Å². The predicted molar refractivity (Wildman–Crippen MR) is 79.3 cm³/mol. The first-order valence-corrected chi connectivity index (χ1v) is 7.22. The van der Waals surface area contributed by atoms with Gasteiger partial charge in [0.25, 0.3) is 5.91 Å². The molecule has 19 heavy (non-hydrogen) atoms. The number of nitrogens with one attached hydrogen (secondary N) is 1. The SMILES string of the molecule is CC1CCCC(NC(=O)c2cc(N)cc(Cl)c2)C1C. The minimum absolute atomic E-state index is 0.0832. The van der Waals surface area contributed by atoms with Crippen molar-refractivity contribution >= 4 is 23.2 Å². The zero-order chi connectivity index (χ0) is 14.0. The van der Waals surface area contributed by atoms with Crippen molar-refractivity contribution in [3.63, 3.8) is 0 Å². The average Bonchev–Trinajstić information content (AvgIpc) is 2.33. The van der Waals surface area contributed by atoms with Crippen LogP contribution in [-0.4, -0.2) is 11.9 Å². The molecule has 0 aliphatic heterocycles. The molecular weight excluding hydrogens is 260 g/mol. The van der Waals surface area contributed by atoms with Crippen LogP contribution in [0, 0.1) is 11.8 Å². The molecule has 3 unspecified atom stereocenters. The van der Waals surface area contributed by atoms with Crippen LogP contribution < -0.4 is 11.1 Å². The summed E-state index contributed by atoms with van der Waals surface area (Å²) < 4.78 is 0. The van der Waals surface area contributed by atoms with Crippen LogP contribution in [0.25, 0.3) is 0 Å². The third kappa shape index (κ3) is 3.41. The van der Waals surface area contributed by atoms with Crippen LogP contribution >= 0.6 is 11.6 Å². The van der Waals surface area contributed by atoms with Crippen LogP contribution in [-0.2, 0) is 0 Å². The highest BCUT2D eigenvalue weighted by Crippen LogP contribution is 2.29. The molecule has 3 nitrogen and oxygen atoms in total. The number of nitrogens with two attached hydrogens (primary N) is 1. The molecule has 0 spiro atoms. The lowest BCUT2D eigenvalue weighted by Gasteiger charge is -2.34. The first kappa shape index (κ1) is 14.2. The predicted octanol–water partition coefficient (Wildman–Crippen LogP) is 3.48. The Hall–Kier alpha value is -1.22. The van der Waals surface area contributed by atoms with Gasteiger partial charge in [-0.1, -0.05) is 38.3 Å². The van der Waals surface area contributed by atoms with E-state index in [0.717, 1.165) is 6.42 Å². The summed E-state index contributed by atoms with van der Waals surface area (Å²) in [4.78, 5) is 12.2. The van der Waals surface area contributed by atoms with E-state index in [-0.39, 0.29) is 11.9 Å². The minimum Gasteiger partial charge on any atom is -0.399 e. The summed E-state index contributed by atoms with van der Waals surface area (Å²) in [6, 6.07) is 5.21. The lowest BCUT2D eigenvalue weighted by atomic mass is 9.78. The lowest BCUT2D eigenvalue weighted by molar-refractivity contribution is 0.0891. The molecule has 3 N–H and O–H groups in total. The maximum absolute atomic E-state index is 12.2. The standard InChI is InChI=1S/C15H21ClN2O/c1-9-4-3-5-14(10(9)2)18-15(19)11-6-12(16)8-13(17)7-11/h6-10,14H,3-5,17H2,1-2H3,(H,18,19). The van der Waals surface area contributed by atoms with Crippen molar-refractivity contribution in [1.82, 2.24) is 5.32 Å². The van der Waals surface area contributed by atoms with Gasteiger partial charge < -0.3 is 11.1 Å². The Bertz CT molecular complexity index is 455. The molecule has 0 saturated heterocycles. The monoisotopic (exact) mass is 280 g/mol. The largest absolute Gasteiger partial charge is 0.399 e. The maximum atomic E-state index is 12.2. The van der Waals surface area contributed by atoms with Gasteiger partial charge in [0.05, 0.1) is 0 Å². The van der Waals surface area contributed by atoms with Crippen molar-refractivity contribution in [3.05, 3.63) is 28.8 Å². The van der Waals surface area contributed by atoms with E-state index < -0.39 is 0 Å². The van der Waals surface area contributed by atoms with Crippen LogP contribution in [0.1, 0.15) is 43.5 Å². The van der Waals surface area contributed by atoms with Gasteiger partial charge in [0.1, 0.15) is 0 Å². The summed E-state index contributed by atoms with van der Waals surface area (Å²) in [7, 11) is 0. The van der Waals surface area contributed by atoms with Gasteiger partial charge in [-0.3, -0.25) is 4.79 Å². The van der Waals surface area contributed by atoms with Crippen LogP contribution in [0.5, 0.6) is 0 Å². The molecule has 4 heteroatoms. The fourth-order valence-corrected chi connectivity index (χ4v) is 3.02. The Morgan fingerprint density at radius 1 is 1.32 bits per heavy atom. The molecule has 1 aromatic rings. The molecule has 0 aromatic heterocycles. The number of benzene rings is 1. The molecule has 0 radical (unpaired) electrons. The third-order valence-electron chi connectivity index (χ3n) is 4.21. The first-order chi connectivity index (χ1) is 8.97. The number of hydrogen-bond acceptors (Lipinski definition) is 2. The van der Waals surface area contributed by atoms with E-state index >= 15 is 0 Å². The zero-order valence-corrected chi connectivity index (χ0v) is 12.2. The molecule has 1 fully saturated rings. The summed E-state index contributed by atoms with van der Waals surface area (Å²) in [6.45, 7) is 4.46. The average molecular weight is 281 g/mol. The van der Waals surface area contributed by atoms with Crippen molar-refractivity contribution in [1.29, 1.82) is 0 Å². The second kappa shape index (κ2) is 5.83. The number of carbonyl (C=O) groups excluding carboxylic acids is 1. The number of nitrogen functional groups attached to an aromatic ring is 1. The Morgan fingerprint density at radius 3 is 2.74 bits per heavy atom. The topological polar surface area (TPSA) is 55.1 Å². The van der Waals surface area contributed by atoms with E-state index in [0.29, 0.717) is 28.1 Å². The summed E-state index contributed by atoms with van der Waals surface area (Å²) >= 11 is 5.93. The van der Waals surface area contributed by atoms with Crippen LogP contribution in [0.3, 0.4) is 0 Å². The Kier molecular flexibility index (Phi) is 4.35. The molecule has 0 bridgehead atoms. The highest BCUT2D eigenvalue weighted by molar-refractivity contribution is 6.31. The number of hydrogen-bond donors (Lipinski definition) is 2. The van der Waals surface area contributed by atoms with Crippen molar-refractivity contribution in [2.75, 3.05) is 5.73 Å². The fourth-order valence-electron chi connectivity index (χ4n) is 2.78. The van der Waals surface area contributed by atoms with E-state index in [9.17, 15) is 4.79 Å². The molecule has 1 amide bonds. The summed E-state index contributed by atoms with van der Waals surface area (Å²) in [5, 5.41) is 3.61. The van der Waals surface area contributed by atoms with Gasteiger partial charge in [-0.25, -0.2) is 0 Å². The number of rotatable bonds is 2. The molecular formula is C15H21ClN2O. The molecule has 1 aliphatic carbocycles. The van der Waals surface area contributed by atoms with Gasteiger partial charge in [0.2, 0.25) is 0 Å². The molecule has 104 valence electrons. The fraction of sp³-hybridized carbons (Fsp3) is 0.533. The van der Waals surface area contributed by atoms with E-state index in [1.807, 2.05) is 0 Å². The van der Waals surface area contributed by atoms with Gasteiger partial charge >= 0.3 is 0 Å². The van der Waals surface area contributed by atoms with Crippen molar-refractivity contribution in [2.24, 2.45) is 11.8 Å². The van der Waals surface area contributed by atoms with E-state index in [4.69, 9.17) is 17.3 Å². The second-order valence-electron chi connectivity index (χ2n) is 5.62. The van der Waals surface area contributed by atoms with Crippen LogP contribution in [0.2, 0.25) is 5.02 Å². The number of halogens is 1. The Morgan fingerprint density at radius 2 is 2.05 bits per heavy atom. The highest BCUT2D eigenvalue weighted by atomic mass is 35.5. The first-order valence-electron chi connectivity index (χ1n) is 6.84. The van der Waals surface area contributed by atoms with Gasteiger partial charge in [-0.05, 0) is 36.5 Å². The van der Waals surface area contributed by atoms with Crippen molar-refractivity contribution < 1.29 is 4.79 Å². The maximum Gasteiger partial charge on any atom is 0.251 e. The number of anilines is 1. The molecule has 1 aromatic carbocycles. The second-order valence-corrected chi connectivity index (χ2v) is 6.06. The summed E-state index contributed by atoms with van der Waals surface area (Å²) in [6.07, 6.45) is 3.47. The third-order valence-corrected chi connectivity index (χ3v) is 4.42. The molecule has 3 atom stereocenters. The molecule has 1 aliphatic rings. The van der Waals surface area contributed by atoms with Crippen LogP contribution in [0.4, 0.5) is 5.69 Å². The summed E-state index contributed by atoms with van der Waals surface area (Å²) in [5.74, 6) is 1.08. The quantitative estimate of drug-likeness (QED) is 0.815. The molecule has 1 saturated carbocycles.